The number of anilines is 1. The molecule has 0 spiro atoms. The summed E-state index contributed by atoms with van der Waals surface area (Å²) in [6.45, 7) is 10.5. The van der Waals surface area contributed by atoms with Crippen LogP contribution in [0.5, 0.6) is 0 Å². The van der Waals surface area contributed by atoms with Crippen LogP contribution in [0.25, 0.3) is 11.0 Å². The number of hydrogen-bond donors (Lipinski definition) is 0. The number of carbonyl (C=O) groups excluding carboxylic acids is 1. The highest BCUT2D eigenvalue weighted by Gasteiger charge is 2.27. The maximum atomic E-state index is 13.5. The van der Waals surface area contributed by atoms with Crippen LogP contribution in [0.15, 0.2) is 66.9 Å². The van der Waals surface area contributed by atoms with Gasteiger partial charge in [0.1, 0.15) is 11.4 Å². The highest BCUT2D eigenvalue weighted by Crippen LogP contribution is 2.34. The Labute approximate surface area is 199 Å². The van der Waals surface area contributed by atoms with E-state index in [-0.39, 0.29) is 12.4 Å². The van der Waals surface area contributed by atoms with E-state index in [1.54, 1.807) is 23.2 Å². The van der Waals surface area contributed by atoms with Crippen LogP contribution in [0.3, 0.4) is 0 Å². The number of ether oxygens (including phenoxy) is 1. The molecule has 5 nitrogen and oxygen atoms in total. The summed E-state index contributed by atoms with van der Waals surface area (Å²) in [5.41, 5.74) is 5.86. The van der Waals surface area contributed by atoms with Crippen molar-refractivity contribution >= 4 is 22.8 Å². The second kappa shape index (κ2) is 9.29. The van der Waals surface area contributed by atoms with Crippen molar-refractivity contribution in [2.24, 2.45) is 0 Å². The third-order valence-corrected chi connectivity index (χ3v) is 5.82. The zero-order chi connectivity index (χ0) is 24.5. The monoisotopic (exact) mass is 459 g/mol. The van der Waals surface area contributed by atoms with E-state index in [0.29, 0.717) is 12.2 Å². The van der Waals surface area contributed by atoms with E-state index < -0.39 is 11.7 Å². The average Bonchev–Trinajstić information content (AvgIpc) is 3.03. The molecule has 0 unspecified atom stereocenters. The average molecular weight is 460 g/mol. The number of rotatable bonds is 5. The van der Waals surface area contributed by atoms with Gasteiger partial charge in [0.15, 0.2) is 0 Å². The van der Waals surface area contributed by atoms with E-state index in [0.717, 1.165) is 33.4 Å². The van der Waals surface area contributed by atoms with E-state index >= 15 is 0 Å². The lowest BCUT2D eigenvalue weighted by atomic mass is 10.1. The zero-order valence-electron chi connectivity index (χ0n) is 20.3. The van der Waals surface area contributed by atoms with E-state index in [9.17, 15) is 9.18 Å². The van der Waals surface area contributed by atoms with Crippen molar-refractivity contribution in [2.75, 3.05) is 4.90 Å². The van der Waals surface area contributed by atoms with Gasteiger partial charge in [0.05, 0.1) is 23.3 Å². The molecule has 6 heteroatoms. The molecule has 34 heavy (non-hydrogen) atoms. The minimum Gasteiger partial charge on any atom is -0.443 e. The van der Waals surface area contributed by atoms with Crippen molar-refractivity contribution in [1.82, 2.24) is 9.55 Å². The Hall–Kier alpha value is -3.67. The quantitative estimate of drug-likeness (QED) is 0.330. The van der Waals surface area contributed by atoms with Gasteiger partial charge in [-0.2, -0.15) is 0 Å². The number of fused-ring (bicyclic) bond motifs is 1. The second-order valence-corrected chi connectivity index (χ2v) is 9.50. The number of aromatic nitrogens is 2. The van der Waals surface area contributed by atoms with Crippen molar-refractivity contribution in [2.45, 2.75) is 53.3 Å². The first-order chi connectivity index (χ1) is 16.1. The number of carbonyl (C=O) groups is 1. The van der Waals surface area contributed by atoms with Crippen molar-refractivity contribution in [1.29, 1.82) is 0 Å². The van der Waals surface area contributed by atoms with Gasteiger partial charge in [-0.25, -0.2) is 9.18 Å². The van der Waals surface area contributed by atoms with Crippen LogP contribution in [0, 0.1) is 19.7 Å². The van der Waals surface area contributed by atoms with E-state index in [1.165, 1.54) is 12.1 Å². The molecule has 4 aromatic rings. The number of amides is 1. The highest BCUT2D eigenvalue weighted by atomic mass is 19.1. The Balaban J connectivity index is 1.87. The summed E-state index contributed by atoms with van der Waals surface area (Å²) >= 11 is 0. The van der Waals surface area contributed by atoms with Gasteiger partial charge in [-0.1, -0.05) is 42.5 Å². The third kappa shape index (κ3) is 4.96. The number of pyridine rings is 1. The Morgan fingerprint density at radius 1 is 1.00 bits per heavy atom. The predicted molar refractivity (Wildman–Crippen MR) is 134 cm³/mol. The summed E-state index contributed by atoms with van der Waals surface area (Å²) in [4.78, 5) is 19.7. The van der Waals surface area contributed by atoms with Gasteiger partial charge >= 0.3 is 6.09 Å². The van der Waals surface area contributed by atoms with Crippen molar-refractivity contribution in [3.63, 3.8) is 0 Å². The molecule has 4 rings (SSSR count). The minimum absolute atomic E-state index is 0.239. The van der Waals surface area contributed by atoms with Crippen LogP contribution < -0.4 is 4.90 Å². The molecule has 0 radical (unpaired) electrons. The Morgan fingerprint density at radius 3 is 2.32 bits per heavy atom. The molecule has 0 bridgehead atoms. The van der Waals surface area contributed by atoms with E-state index in [1.807, 2.05) is 52.0 Å². The van der Waals surface area contributed by atoms with Gasteiger partial charge < -0.3 is 9.30 Å². The van der Waals surface area contributed by atoms with Gasteiger partial charge in [-0.15, -0.1) is 0 Å². The fourth-order valence-corrected chi connectivity index (χ4v) is 4.04. The van der Waals surface area contributed by atoms with Gasteiger partial charge in [0, 0.05) is 18.4 Å². The first kappa shape index (κ1) is 23.5. The number of benzene rings is 2. The lowest BCUT2D eigenvalue weighted by molar-refractivity contribution is 0.0578. The zero-order valence-corrected chi connectivity index (χ0v) is 20.3. The molecule has 0 fully saturated rings. The minimum atomic E-state index is -0.665. The van der Waals surface area contributed by atoms with E-state index in [4.69, 9.17) is 4.74 Å². The summed E-state index contributed by atoms with van der Waals surface area (Å²) in [6.07, 6.45) is 1.26. The molecule has 2 aromatic heterocycles. The van der Waals surface area contributed by atoms with Gasteiger partial charge in [-0.3, -0.25) is 9.88 Å². The molecular weight excluding hydrogens is 429 g/mol. The van der Waals surface area contributed by atoms with Crippen LogP contribution >= 0.6 is 0 Å². The molecule has 0 saturated heterocycles. The Morgan fingerprint density at radius 2 is 1.68 bits per heavy atom. The third-order valence-electron chi connectivity index (χ3n) is 5.82. The summed E-state index contributed by atoms with van der Waals surface area (Å²) in [5.74, 6) is -0.318. The number of halogens is 1. The summed E-state index contributed by atoms with van der Waals surface area (Å²) in [6, 6.07) is 18.2. The number of nitrogens with zero attached hydrogens (tertiary/aromatic N) is 3. The second-order valence-electron chi connectivity index (χ2n) is 9.50. The molecular formula is C28H30FN3O2. The maximum absolute atomic E-state index is 13.5. The Bertz CT molecular complexity index is 1310. The fourth-order valence-electron chi connectivity index (χ4n) is 4.04. The van der Waals surface area contributed by atoms with E-state index in [2.05, 4.69) is 28.6 Å². The molecule has 0 aliphatic rings. The summed E-state index contributed by atoms with van der Waals surface area (Å²) < 4.78 is 21.5. The maximum Gasteiger partial charge on any atom is 0.415 e. The predicted octanol–water partition coefficient (Wildman–Crippen LogP) is 6.78. The lowest BCUT2D eigenvalue weighted by Crippen LogP contribution is -2.36. The Kier molecular flexibility index (Phi) is 6.42. The molecule has 2 heterocycles. The molecule has 0 N–H and O–H groups in total. The SMILES string of the molecule is Cc1c(C)n(Cc2ccccc2)c2c(N(Cc3ccc(F)cc3)C(=O)OC(C)(C)C)ccnc12. The highest BCUT2D eigenvalue weighted by molar-refractivity contribution is 6.00. The smallest absolute Gasteiger partial charge is 0.415 e. The van der Waals surface area contributed by atoms with Crippen LogP contribution in [0.2, 0.25) is 0 Å². The summed E-state index contributed by atoms with van der Waals surface area (Å²) in [7, 11) is 0. The topological polar surface area (TPSA) is 47.4 Å². The fraction of sp³-hybridized carbons (Fsp3) is 0.286. The number of hydrogen-bond acceptors (Lipinski definition) is 3. The van der Waals surface area contributed by atoms with Crippen molar-refractivity contribution < 1.29 is 13.9 Å². The normalized spacial score (nSPS) is 11.6. The van der Waals surface area contributed by atoms with Crippen molar-refractivity contribution in [3.8, 4) is 0 Å². The van der Waals surface area contributed by atoms with Gasteiger partial charge in [0.25, 0.3) is 0 Å². The molecule has 1 amide bonds. The first-order valence-electron chi connectivity index (χ1n) is 11.4. The summed E-state index contributed by atoms with van der Waals surface area (Å²) in [5, 5.41) is 0. The van der Waals surface area contributed by atoms with Crippen LogP contribution in [-0.4, -0.2) is 21.2 Å². The molecule has 2 aromatic carbocycles. The van der Waals surface area contributed by atoms with Gasteiger partial charge in [-0.05, 0) is 69.5 Å². The molecule has 0 saturated carbocycles. The van der Waals surface area contributed by atoms with Gasteiger partial charge in [0.2, 0.25) is 0 Å². The molecule has 0 aliphatic heterocycles. The molecule has 0 aliphatic carbocycles. The molecule has 176 valence electrons. The van der Waals surface area contributed by atoms with Crippen LogP contribution in [0.4, 0.5) is 14.9 Å². The van der Waals surface area contributed by atoms with Crippen LogP contribution in [-0.2, 0) is 17.8 Å². The lowest BCUT2D eigenvalue weighted by Gasteiger charge is -2.28. The number of aryl methyl sites for hydroxylation is 1. The van der Waals surface area contributed by atoms with Crippen LogP contribution in [0.1, 0.15) is 43.2 Å². The first-order valence-corrected chi connectivity index (χ1v) is 11.4. The largest absolute Gasteiger partial charge is 0.443 e. The molecule has 0 atom stereocenters. The standard InChI is InChI=1S/C28H30FN3O2/c1-19-20(2)31(17-21-9-7-6-8-10-21)26-24(15-16-30-25(19)26)32(27(33)34-28(3,4)5)18-22-11-13-23(29)14-12-22/h6-16H,17-18H2,1-5H3. The van der Waals surface area contributed by atoms with Crippen molar-refractivity contribution in [3.05, 3.63) is 95.1 Å².